The van der Waals surface area contributed by atoms with Gasteiger partial charge in [-0.25, -0.2) is 4.98 Å². The van der Waals surface area contributed by atoms with Crippen molar-refractivity contribution in [3.63, 3.8) is 0 Å². The first kappa shape index (κ1) is 24.8. The van der Waals surface area contributed by atoms with Crippen LogP contribution in [0.2, 0.25) is 0 Å². The lowest BCUT2D eigenvalue weighted by Gasteiger charge is -2.32. The molecule has 3 fully saturated rings. The number of benzene rings is 1. The van der Waals surface area contributed by atoms with Gasteiger partial charge in [0.1, 0.15) is 5.69 Å². The Morgan fingerprint density at radius 3 is 2.39 bits per heavy atom. The molecule has 7 nitrogen and oxygen atoms in total. The molecule has 36 heavy (non-hydrogen) atoms. The van der Waals surface area contributed by atoms with Crippen LogP contribution in [0.4, 0.5) is 11.4 Å². The number of likely N-dealkylation sites (tertiary alicyclic amines) is 1. The Hall–Kier alpha value is -2.93. The second-order valence-electron chi connectivity index (χ2n) is 10.6. The number of rotatable bonds is 7. The van der Waals surface area contributed by atoms with E-state index in [0.29, 0.717) is 11.7 Å². The highest BCUT2D eigenvalue weighted by molar-refractivity contribution is 6.03. The fourth-order valence-corrected chi connectivity index (χ4v) is 5.80. The lowest BCUT2D eigenvalue weighted by molar-refractivity contribution is -0.127. The molecule has 0 unspecified atom stereocenters. The monoisotopic (exact) mass is 489 g/mol. The van der Waals surface area contributed by atoms with Gasteiger partial charge in [0, 0.05) is 37.3 Å². The Morgan fingerprint density at radius 2 is 1.67 bits per heavy atom. The number of nitrogens with zero attached hydrogens (tertiary/aromatic N) is 3. The van der Waals surface area contributed by atoms with E-state index < -0.39 is 0 Å². The molecule has 0 atom stereocenters. The Kier molecular flexibility index (Phi) is 8.16. The Morgan fingerprint density at radius 1 is 0.889 bits per heavy atom. The minimum Gasteiger partial charge on any atom is -0.370 e. The predicted molar refractivity (Wildman–Crippen MR) is 143 cm³/mol. The van der Waals surface area contributed by atoms with Crippen LogP contribution in [0.1, 0.15) is 73.8 Å². The molecule has 1 aromatic heterocycles. The number of pyridine rings is 1. The Labute approximate surface area is 214 Å². The first-order valence-corrected chi connectivity index (χ1v) is 13.8. The van der Waals surface area contributed by atoms with Crippen LogP contribution in [0.15, 0.2) is 42.6 Å². The van der Waals surface area contributed by atoms with Crippen molar-refractivity contribution in [2.75, 3.05) is 36.4 Å². The van der Waals surface area contributed by atoms with Crippen LogP contribution in [0.5, 0.6) is 0 Å². The van der Waals surface area contributed by atoms with E-state index in [2.05, 4.69) is 31.5 Å². The van der Waals surface area contributed by atoms with Crippen LogP contribution in [-0.2, 0) is 11.3 Å². The molecule has 0 spiro atoms. The van der Waals surface area contributed by atoms with Crippen LogP contribution in [0.25, 0.3) is 0 Å². The zero-order valence-corrected chi connectivity index (χ0v) is 21.3. The van der Waals surface area contributed by atoms with Gasteiger partial charge >= 0.3 is 0 Å². The first-order valence-electron chi connectivity index (χ1n) is 13.8. The van der Waals surface area contributed by atoms with Gasteiger partial charge in [0.2, 0.25) is 5.91 Å². The number of carbonyl (C=O) groups is 2. The Bertz CT molecular complexity index is 1020. The molecule has 1 saturated carbocycles. The third kappa shape index (κ3) is 6.44. The number of anilines is 2. The molecule has 5 rings (SSSR count). The van der Waals surface area contributed by atoms with Gasteiger partial charge in [-0.1, -0.05) is 31.4 Å². The summed E-state index contributed by atoms with van der Waals surface area (Å²) in [7, 11) is 0. The van der Waals surface area contributed by atoms with Crippen LogP contribution in [0, 0.1) is 5.92 Å². The van der Waals surface area contributed by atoms with E-state index in [0.717, 1.165) is 75.3 Å². The molecule has 0 bridgehead atoms. The number of hydrogen-bond donors (Lipinski definition) is 2. The fraction of sp³-hybridized carbons (Fsp3) is 0.552. The maximum atomic E-state index is 12.8. The highest BCUT2D eigenvalue weighted by atomic mass is 16.2. The molecular weight excluding hydrogens is 450 g/mol. The van der Waals surface area contributed by atoms with Gasteiger partial charge in [0.25, 0.3) is 5.91 Å². The van der Waals surface area contributed by atoms with Crippen LogP contribution in [-0.4, -0.2) is 53.9 Å². The number of carbonyl (C=O) groups excluding carboxylic acids is 2. The van der Waals surface area contributed by atoms with Gasteiger partial charge in [0.05, 0.1) is 11.9 Å². The summed E-state index contributed by atoms with van der Waals surface area (Å²) in [6.45, 7) is 4.79. The van der Waals surface area contributed by atoms with Crippen molar-refractivity contribution in [2.24, 2.45) is 5.92 Å². The normalized spacial score (nSPS) is 19.8. The molecule has 7 heteroatoms. The highest BCUT2D eigenvalue weighted by Gasteiger charge is 2.27. The molecule has 192 valence electrons. The number of hydrogen-bond acceptors (Lipinski definition) is 5. The van der Waals surface area contributed by atoms with Crippen molar-refractivity contribution >= 4 is 23.2 Å². The van der Waals surface area contributed by atoms with Crippen molar-refractivity contribution in [3.8, 4) is 0 Å². The van der Waals surface area contributed by atoms with E-state index in [1.54, 1.807) is 12.3 Å². The van der Waals surface area contributed by atoms with E-state index in [1.165, 1.54) is 32.1 Å². The molecule has 1 aliphatic carbocycles. The smallest absolute Gasteiger partial charge is 0.274 e. The van der Waals surface area contributed by atoms with E-state index in [4.69, 9.17) is 0 Å². The number of nitrogens with one attached hydrogen (secondary N) is 2. The Balaban J connectivity index is 1.09. The van der Waals surface area contributed by atoms with E-state index in [9.17, 15) is 9.59 Å². The quantitative estimate of drug-likeness (QED) is 0.595. The summed E-state index contributed by atoms with van der Waals surface area (Å²) >= 11 is 0. The van der Waals surface area contributed by atoms with Crippen molar-refractivity contribution in [2.45, 2.75) is 70.4 Å². The summed E-state index contributed by atoms with van der Waals surface area (Å²) < 4.78 is 0. The van der Waals surface area contributed by atoms with Crippen molar-refractivity contribution in [1.82, 2.24) is 15.2 Å². The molecular formula is C29H39N5O2. The number of piperidine rings is 1. The third-order valence-electron chi connectivity index (χ3n) is 7.95. The molecule has 2 saturated heterocycles. The molecule has 2 aromatic rings. The molecule has 3 heterocycles. The van der Waals surface area contributed by atoms with Crippen LogP contribution < -0.4 is 15.5 Å². The average molecular weight is 490 g/mol. The topological polar surface area (TPSA) is 77.6 Å². The van der Waals surface area contributed by atoms with Gasteiger partial charge in [-0.2, -0.15) is 0 Å². The van der Waals surface area contributed by atoms with Crippen molar-refractivity contribution < 1.29 is 9.59 Å². The number of aromatic nitrogens is 1. The van der Waals surface area contributed by atoms with Crippen molar-refractivity contribution in [3.05, 3.63) is 53.9 Å². The summed E-state index contributed by atoms with van der Waals surface area (Å²) in [5.74, 6) is 0.205. The van der Waals surface area contributed by atoms with Crippen molar-refractivity contribution in [1.29, 1.82) is 0 Å². The van der Waals surface area contributed by atoms with Gasteiger partial charge in [0.15, 0.2) is 0 Å². The highest BCUT2D eigenvalue weighted by Crippen LogP contribution is 2.23. The fourth-order valence-electron chi connectivity index (χ4n) is 5.80. The summed E-state index contributed by atoms with van der Waals surface area (Å²) in [5, 5.41) is 6.30. The molecule has 2 N–H and O–H groups in total. The van der Waals surface area contributed by atoms with Gasteiger partial charge in [-0.05, 0) is 81.4 Å². The maximum Gasteiger partial charge on any atom is 0.274 e. The van der Waals surface area contributed by atoms with Crippen LogP contribution in [0.3, 0.4) is 0 Å². The molecule has 2 aliphatic heterocycles. The first-order chi connectivity index (χ1) is 17.6. The zero-order chi connectivity index (χ0) is 24.7. The summed E-state index contributed by atoms with van der Waals surface area (Å²) in [6, 6.07) is 12.2. The molecule has 0 radical (unpaired) electrons. The standard InChI is InChI=1S/C29H39N5O2/c35-28(31-24-8-2-1-3-9-24)23-13-17-33(18-14-23)21-22-7-6-10-25(19-22)32-29(36)27-12-11-26(20-30-27)34-15-4-5-16-34/h6-7,10-12,19-20,23-24H,1-5,8-9,13-18,21H2,(H,31,35)(H,32,36). The van der Waals surface area contributed by atoms with E-state index >= 15 is 0 Å². The predicted octanol–water partition coefficient (Wildman–Crippen LogP) is 4.60. The lowest BCUT2D eigenvalue weighted by Crippen LogP contribution is -2.44. The largest absolute Gasteiger partial charge is 0.370 e. The third-order valence-corrected chi connectivity index (χ3v) is 7.95. The number of amides is 2. The van der Waals surface area contributed by atoms with Gasteiger partial charge in [-0.3, -0.25) is 14.5 Å². The minimum atomic E-state index is -0.190. The zero-order valence-electron chi connectivity index (χ0n) is 21.3. The summed E-state index contributed by atoms with van der Waals surface area (Å²) in [4.78, 5) is 34.6. The second kappa shape index (κ2) is 11.9. The van der Waals surface area contributed by atoms with E-state index in [-0.39, 0.29) is 17.7 Å². The molecule has 2 amide bonds. The SMILES string of the molecule is O=C(Nc1cccc(CN2CCC(C(=O)NC3CCCCC3)CC2)c1)c1ccc(N2CCCC2)cn1. The minimum absolute atomic E-state index is 0.137. The summed E-state index contributed by atoms with van der Waals surface area (Å²) in [6.07, 6.45) is 12.1. The van der Waals surface area contributed by atoms with Gasteiger partial charge < -0.3 is 15.5 Å². The molecule has 3 aliphatic rings. The average Bonchev–Trinajstić information content (AvgIpc) is 3.45. The summed E-state index contributed by atoms with van der Waals surface area (Å²) in [5.41, 5.74) is 3.46. The molecule has 1 aromatic carbocycles. The lowest BCUT2D eigenvalue weighted by atomic mass is 9.92. The van der Waals surface area contributed by atoms with Gasteiger partial charge in [-0.15, -0.1) is 0 Å². The second-order valence-corrected chi connectivity index (χ2v) is 10.6. The maximum absolute atomic E-state index is 12.8. The van der Waals surface area contributed by atoms with Crippen LogP contribution >= 0.6 is 0 Å². The van der Waals surface area contributed by atoms with E-state index in [1.807, 2.05) is 24.3 Å².